The average molecular weight is 417 g/mol. The van der Waals surface area contributed by atoms with E-state index in [-0.39, 0.29) is 6.10 Å². The molecule has 0 radical (unpaired) electrons. The molecule has 2 saturated carbocycles. The summed E-state index contributed by atoms with van der Waals surface area (Å²) < 4.78 is 16.7. The zero-order valence-electron chi connectivity index (χ0n) is 18.0. The van der Waals surface area contributed by atoms with Gasteiger partial charge in [-0.15, -0.1) is 0 Å². The third-order valence-corrected chi connectivity index (χ3v) is 7.60. The van der Waals surface area contributed by atoms with Gasteiger partial charge in [-0.05, 0) is 61.1 Å². The third kappa shape index (κ3) is 4.93. The Kier molecular flexibility index (Phi) is 6.46. The smallest absolute Gasteiger partial charge is 0.231 e. The average Bonchev–Trinajstić information content (AvgIpc) is 3.49. The summed E-state index contributed by atoms with van der Waals surface area (Å²) in [6.07, 6.45) is 6.60. The largest absolute Gasteiger partial charge is 0.454 e. The molecule has 2 heterocycles. The van der Waals surface area contributed by atoms with E-state index in [4.69, 9.17) is 14.2 Å². The summed E-state index contributed by atoms with van der Waals surface area (Å²) in [6, 6.07) is 6.21. The van der Waals surface area contributed by atoms with Gasteiger partial charge in [0.1, 0.15) is 0 Å². The van der Waals surface area contributed by atoms with E-state index < -0.39 is 0 Å². The Morgan fingerprint density at radius 2 is 1.87 bits per heavy atom. The highest BCUT2D eigenvalue weighted by Crippen LogP contribution is 2.49. The highest BCUT2D eigenvalue weighted by atomic mass is 16.7. The highest BCUT2D eigenvalue weighted by Gasteiger charge is 2.38. The molecule has 3 fully saturated rings. The predicted octanol–water partition coefficient (Wildman–Crippen LogP) is 2.74. The minimum Gasteiger partial charge on any atom is -0.454 e. The van der Waals surface area contributed by atoms with Gasteiger partial charge in [-0.25, -0.2) is 0 Å². The van der Waals surface area contributed by atoms with E-state index in [0.29, 0.717) is 19.9 Å². The van der Waals surface area contributed by atoms with Crippen molar-refractivity contribution in [3.8, 4) is 11.5 Å². The molecular weight excluding hydrogens is 380 g/mol. The maximum absolute atomic E-state index is 10.4. The molecule has 6 nitrogen and oxygen atoms in total. The maximum Gasteiger partial charge on any atom is 0.231 e. The molecule has 6 heteroatoms. The lowest BCUT2D eigenvalue weighted by Gasteiger charge is -2.35. The van der Waals surface area contributed by atoms with Crippen LogP contribution in [0.5, 0.6) is 11.5 Å². The molecule has 2 bridgehead atoms. The summed E-state index contributed by atoms with van der Waals surface area (Å²) in [5.41, 5.74) is 1.26. The Morgan fingerprint density at radius 3 is 2.67 bits per heavy atom. The third-order valence-electron chi connectivity index (χ3n) is 7.60. The monoisotopic (exact) mass is 416 g/mol. The first-order valence-corrected chi connectivity index (χ1v) is 11.8. The Morgan fingerprint density at radius 1 is 1.03 bits per heavy atom. The van der Waals surface area contributed by atoms with Crippen molar-refractivity contribution in [2.75, 3.05) is 52.7 Å². The molecule has 1 aromatic rings. The number of β-amino-alcohol motifs (C(OH)–C–C–N with tert-alkyl or cyclic N) is 1. The molecule has 5 rings (SSSR count). The number of piperazine rings is 1. The fraction of sp³-hybridized carbons (Fsp3) is 0.750. The molecule has 30 heavy (non-hydrogen) atoms. The van der Waals surface area contributed by atoms with E-state index >= 15 is 0 Å². The second-order valence-electron chi connectivity index (χ2n) is 9.72. The van der Waals surface area contributed by atoms with Crippen LogP contribution in [0.25, 0.3) is 0 Å². The topological polar surface area (TPSA) is 54.4 Å². The van der Waals surface area contributed by atoms with Gasteiger partial charge in [-0.2, -0.15) is 0 Å². The van der Waals surface area contributed by atoms with Gasteiger partial charge < -0.3 is 19.3 Å². The molecule has 2 aliphatic carbocycles. The first-order valence-electron chi connectivity index (χ1n) is 11.8. The Labute approximate surface area is 180 Å². The molecule has 0 unspecified atom stereocenters. The van der Waals surface area contributed by atoms with Gasteiger partial charge in [0.25, 0.3) is 0 Å². The molecule has 0 aromatic heterocycles. The van der Waals surface area contributed by atoms with Crippen LogP contribution >= 0.6 is 0 Å². The number of benzene rings is 1. The maximum atomic E-state index is 10.4. The molecule has 166 valence electrons. The molecule has 0 amide bonds. The van der Waals surface area contributed by atoms with Crippen LogP contribution < -0.4 is 9.47 Å². The predicted molar refractivity (Wildman–Crippen MR) is 115 cm³/mol. The minimum absolute atomic E-state index is 0.324. The lowest BCUT2D eigenvalue weighted by atomic mass is 9.87. The number of fused-ring (bicyclic) bond motifs is 3. The Balaban J connectivity index is 0.960. The van der Waals surface area contributed by atoms with E-state index in [1.54, 1.807) is 0 Å². The van der Waals surface area contributed by atoms with Gasteiger partial charge in [0, 0.05) is 45.9 Å². The van der Waals surface area contributed by atoms with Crippen molar-refractivity contribution in [2.24, 2.45) is 17.8 Å². The van der Waals surface area contributed by atoms with Crippen LogP contribution in [-0.2, 0) is 11.3 Å². The fourth-order valence-electron chi connectivity index (χ4n) is 5.96. The SMILES string of the molecule is O[C@H](COCC[C@@H]1C[C@H]2CC[C@H]1C2)CN1CCN(Cc2ccc3c(c2)OCO3)CC1. The van der Waals surface area contributed by atoms with Gasteiger partial charge in [0.15, 0.2) is 11.5 Å². The normalized spacial score (nSPS) is 29.6. The van der Waals surface area contributed by atoms with Crippen LogP contribution in [0.3, 0.4) is 0 Å². The number of ether oxygens (including phenoxy) is 3. The zero-order chi connectivity index (χ0) is 20.3. The fourth-order valence-corrected chi connectivity index (χ4v) is 5.96. The quantitative estimate of drug-likeness (QED) is 0.625. The standard InChI is InChI=1S/C24H36N2O4/c27-22(16-28-10-5-21-12-18-1-3-20(21)11-18)15-26-8-6-25(7-9-26)14-19-2-4-23-24(13-19)30-17-29-23/h2,4,13,18,20-22,27H,1,3,5-12,14-17H2/t18-,20-,21+,22-/m0/s1. The van der Waals surface area contributed by atoms with Crippen molar-refractivity contribution in [3.05, 3.63) is 23.8 Å². The summed E-state index contributed by atoms with van der Waals surface area (Å²) in [7, 11) is 0. The number of rotatable bonds is 9. The summed E-state index contributed by atoms with van der Waals surface area (Å²) in [6.45, 7) is 7.28. The number of aliphatic hydroxyl groups excluding tert-OH is 1. The second-order valence-corrected chi connectivity index (χ2v) is 9.72. The zero-order valence-corrected chi connectivity index (χ0v) is 18.0. The molecule has 4 aliphatic rings. The van der Waals surface area contributed by atoms with Crippen molar-refractivity contribution in [1.29, 1.82) is 0 Å². The van der Waals surface area contributed by atoms with Gasteiger partial charge in [0.05, 0.1) is 12.7 Å². The van der Waals surface area contributed by atoms with Crippen molar-refractivity contribution in [2.45, 2.75) is 44.8 Å². The Hall–Kier alpha value is -1.34. The van der Waals surface area contributed by atoms with E-state index in [9.17, 15) is 5.11 Å². The summed E-state index contributed by atoms with van der Waals surface area (Å²) in [5, 5.41) is 10.4. The summed E-state index contributed by atoms with van der Waals surface area (Å²) >= 11 is 0. The van der Waals surface area contributed by atoms with E-state index in [2.05, 4.69) is 21.9 Å². The molecule has 2 aliphatic heterocycles. The first-order chi connectivity index (χ1) is 14.7. The van der Waals surface area contributed by atoms with Crippen molar-refractivity contribution >= 4 is 0 Å². The molecule has 0 spiro atoms. The van der Waals surface area contributed by atoms with Crippen molar-refractivity contribution in [3.63, 3.8) is 0 Å². The molecule has 1 N–H and O–H groups in total. The van der Waals surface area contributed by atoms with E-state index in [0.717, 1.165) is 68.6 Å². The summed E-state index contributed by atoms with van der Waals surface area (Å²) in [5.74, 6) is 4.57. The Bertz CT molecular complexity index is 706. The van der Waals surface area contributed by atoms with Crippen LogP contribution in [0.1, 0.15) is 37.7 Å². The van der Waals surface area contributed by atoms with Gasteiger partial charge in [-0.3, -0.25) is 9.80 Å². The van der Waals surface area contributed by atoms with Gasteiger partial charge >= 0.3 is 0 Å². The van der Waals surface area contributed by atoms with Gasteiger partial charge in [-0.1, -0.05) is 12.5 Å². The van der Waals surface area contributed by atoms with Crippen LogP contribution in [0.4, 0.5) is 0 Å². The van der Waals surface area contributed by atoms with Crippen molar-refractivity contribution in [1.82, 2.24) is 9.80 Å². The molecular formula is C24H36N2O4. The lowest BCUT2D eigenvalue weighted by Crippen LogP contribution is -2.48. The van der Waals surface area contributed by atoms with Crippen LogP contribution in [0, 0.1) is 17.8 Å². The lowest BCUT2D eigenvalue weighted by molar-refractivity contribution is 0.00187. The minimum atomic E-state index is -0.384. The van der Waals surface area contributed by atoms with Crippen molar-refractivity contribution < 1.29 is 19.3 Å². The molecule has 4 atom stereocenters. The number of hydrogen-bond donors (Lipinski definition) is 1. The van der Waals surface area contributed by atoms with E-state index in [1.807, 2.05) is 6.07 Å². The molecule has 1 saturated heterocycles. The van der Waals surface area contributed by atoms with Crippen LogP contribution in [-0.4, -0.2) is 73.7 Å². The van der Waals surface area contributed by atoms with Crippen LogP contribution in [0.2, 0.25) is 0 Å². The second kappa shape index (κ2) is 9.43. The highest BCUT2D eigenvalue weighted by molar-refractivity contribution is 5.44. The van der Waals surface area contributed by atoms with Gasteiger partial charge in [0.2, 0.25) is 6.79 Å². The van der Waals surface area contributed by atoms with E-state index in [1.165, 1.54) is 37.7 Å². The summed E-state index contributed by atoms with van der Waals surface area (Å²) in [4.78, 5) is 4.83. The first kappa shape index (κ1) is 20.6. The number of nitrogens with zero attached hydrogens (tertiary/aromatic N) is 2. The molecule has 1 aromatic carbocycles. The van der Waals surface area contributed by atoms with Crippen LogP contribution in [0.15, 0.2) is 18.2 Å². The number of hydrogen-bond acceptors (Lipinski definition) is 6. The number of aliphatic hydroxyl groups is 1.